The van der Waals surface area contributed by atoms with Crippen LogP contribution in [0.15, 0.2) is 83.3 Å². The van der Waals surface area contributed by atoms with Gasteiger partial charge in [-0.3, -0.25) is 4.79 Å². The van der Waals surface area contributed by atoms with E-state index in [2.05, 4.69) is 5.32 Å². The molecule has 42 heavy (non-hydrogen) atoms. The first-order chi connectivity index (χ1) is 19.8. The summed E-state index contributed by atoms with van der Waals surface area (Å²) in [5.74, 6) is 0.345. The molecule has 0 aliphatic heterocycles. The number of carboxylic acid groups (broad SMARTS) is 1. The summed E-state index contributed by atoms with van der Waals surface area (Å²) < 4.78 is 12.0. The van der Waals surface area contributed by atoms with Gasteiger partial charge in [0.25, 0.3) is 5.91 Å². The Morgan fingerprint density at radius 3 is 2.38 bits per heavy atom. The van der Waals surface area contributed by atoms with E-state index in [1.807, 2.05) is 105 Å². The molecule has 1 amide bonds. The minimum absolute atomic E-state index is 0. The van der Waals surface area contributed by atoms with Crippen LogP contribution in [0.2, 0.25) is 0 Å². The monoisotopic (exact) mass is 578 g/mol. The van der Waals surface area contributed by atoms with E-state index in [1.54, 1.807) is 6.07 Å². The fourth-order valence-electron chi connectivity index (χ4n) is 4.50. The smallest absolute Gasteiger partial charge is 0.548 e. The zero-order chi connectivity index (χ0) is 29.4. The number of thioether (sulfide) groups is 1. The average molecular weight is 579 g/mol. The van der Waals surface area contributed by atoms with Gasteiger partial charge < -0.3 is 29.3 Å². The first kappa shape index (κ1) is 33.1. The molecular formula is C33H35LiN2O5S. The van der Waals surface area contributed by atoms with Crippen molar-refractivity contribution in [3.63, 3.8) is 0 Å². The van der Waals surface area contributed by atoms with Crippen molar-refractivity contribution in [2.45, 2.75) is 32.6 Å². The Labute approximate surface area is 263 Å². The van der Waals surface area contributed by atoms with Crippen LogP contribution in [0.5, 0.6) is 0 Å². The number of nitrogens with one attached hydrogen (secondary N) is 1. The first-order valence-corrected chi connectivity index (χ1v) is 14.8. The van der Waals surface area contributed by atoms with Crippen LogP contribution in [0.3, 0.4) is 0 Å². The minimum atomic E-state index is -1.29. The largest absolute Gasteiger partial charge is 1.00 e. The molecule has 4 rings (SSSR count). The van der Waals surface area contributed by atoms with Gasteiger partial charge in [-0.1, -0.05) is 30.3 Å². The molecule has 214 valence electrons. The van der Waals surface area contributed by atoms with Gasteiger partial charge in [0.2, 0.25) is 0 Å². The van der Waals surface area contributed by atoms with Gasteiger partial charge in [-0.05, 0) is 96.1 Å². The number of benzene rings is 3. The zero-order valence-corrected chi connectivity index (χ0v) is 25.6. The number of aliphatic carboxylic acids is 1. The Bertz CT molecular complexity index is 1490. The van der Waals surface area contributed by atoms with Crippen LogP contribution in [-0.2, 0) is 22.7 Å². The second kappa shape index (κ2) is 15.7. The molecule has 0 saturated heterocycles. The molecule has 4 aromatic rings. The number of hydrogen-bond acceptors (Lipinski definition) is 7. The fraction of sp³-hybridized carbons (Fsp3) is 0.273. The van der Waals surface area contributed by atoms with Crippen molar-refractivity contribution in [3.05, 3.63) is 101 Å². The Morgan fingerprint density at radius 2 is 1.71 bits per heavy atom. The van der Waals surface area contributed by atoms with Crippen LogP contribution in [0.4, 0.5) is 5.69 Å². The van der Waals surface area contributed by atoms with E-state index in [-0.39, 0.29) is 25.3 Å². The van der Waals surface area contributed by atoms with E-state index in [4.69, 9.17) is 9.15 Å². The molecule has 1 N–H and O–H groups in total. The van der Waals surface area contributed by atoms with Crippen molar-refractivity contribution in [2.75, 3.05) is 31.0 Å². The number of nitrogens with zero attached hydrogens (tertiary/aromatic N) is 1. The fourth-order valence-corrected chi connectivity index (χ4v) is 4.97. The maximum Gasteiger partial charge on any atom is 1.00 e. The topological polar surface area (TPSA) is 94.8 Å². The predicted molar refractivity (Wildman–Crippen MR) is 163 cm³/mol. The molecule has 0 radical (unpaired) electrons. The number of aryl methyl sites for hydroxylation is 1. The van der Waals surface area contributed by atoms with Crippen molar-refractivity contribution in [3.8, 4) is 22.5 Å². The molecule has 9 heteroatoms. The van der Waals surface area contributed by atoms with Crippen LogP contribution in [-0.4, -0.2) is 44.0 Å². The molecule has 0 fully saturated rings. The number of furan rings is 1. The van der Waals surface area contributed by atoms with E-state index >= 15 is 0 Å². The summed E-state index contributed by atoms with van der Waals surface area (Å²) in [5, 5.41) is 14.3. The third-order valence-electron chi connectivity index (χ3n) is 6.81. The molecule has 3 aromatic carbocycles. The molecule has 0 saturated carbocycles. The zero-order valence-electron chi connectivity index (χ0n) is 24.8. The second-order valence-corrected chi connectivity index (χ2v) is 11.0. The molecule has 7 nitrogen and oxygen atoms in total. The van der Waals surface area contributed by atoms with Gasteiger partial charge in [-0.2, -0.15) is 11.8 Å². The summed E-state index contributed by atoms with van der Waals surface area (Å²) in [7, 11) is 4.01. The molecule has 0 aliphatic carbocycles. The third-order valence-corrected chi connectivity index (χ3v) is 7.45. The first-order valence-electron chi connectivity index (χ1n) is 13.4. The Morgan fingerprint density at radius 1 is 0.976 bits per heavy atom. The molecule has 1 aromatic heterocycles. The van der Waals surface area contributed by atoms with Crippen molar-refractivity contribution in [1.29, 1.82) is 0 Å². The van der Waals surface area contributed by atoms with Gasteiger partial charge in [-0.15, -0.1) is 0 Å². The van der Waals surface area contributed by atoms with Crippen molar-refractivity contribution in [2.24, 2.45) is 0 Å². The number of amides is 1. The van der Waals surface area contributed by atoms with Gasteiger partial charge in [-0.25, -0.2) is 0 Å². The SMILES string of the molecule is CSCC[C@H](NC(=O)c1ccc(COCc2ccc(-c3ccc(N(C)C)cc3)o2)cc1-c1ccccc1C)C(=O)[O-].[Li+]. The van der Waals surface area contributed by atoms with E-state index in [9.17, 15) is 14.7 Å². The summed E-state index contributed by atoms with van der Waals surface area (Å²) in [6.45, 7) is 2.58. The van der Waals surface area contributed by atoms with Gasteiger partial charge in [0.1, 0.15) is 18.1 Å². The predicted octanol–water partition coefficient (Wildman–Crippen LogP) is 2.31. The van der Waals surface area contributed by atoms with Gasteiger partial charge in [0.05, 0.1) is 18.6 Å². The summed E-state index contributed by atoms with van der Waals surface area (Å²) >= 11 is 1.52. The van der Waals surface area contributed by atoms with Crippen LogP contribution >= 0.6 is 11.8 Å². The summed E-state index contributed by atoms with van der Waals surface area (Å²) in [5.41, 5.74) is 5.99. The molecular weight excluding hydrogens is 543 g/mol. The van der Waals surface area contributed by atoms with E-state index in [0.29, 0.717) is 35.9 Å². The molecule has 1 atom stereocenters. The molecule has 0 unspecified atom stereocenters. The number of rotatable bonds is 13. The average Bonchev–Trinajstić information content (AvgIpc) is 3.44. The number of carboxylic acids is 1. The maximum absolute atomic E-state index is 13.3. The summed E-state index contributed by atoms with van der Waals surface area (Å²) in [6.07, 6.45) is 2.18. The van der Waals surface area contributed by atoms with Gasteiger partial charge in [0.15, 0.2) is 0 Å². The van der Waals surface area contributed by atoms with E-state index < -0.39 is 17.9 Å². The third kappa shape index (κ3) is 8.56. The van der Waals surface area contributed by atoms with Gasteiger partial charge in [0, 0.05) is 30.9 Å². The van der Waals surface area contributed by atoms with Crippen molar-refractivity contribution in [1.82, 2.24) is 5.32 Å². The number of anilines is 1. The second-order valence-electron chi connectivity index (χ2n) is 10.0. The Kier molecular flexibility index (Phi) is 12.4. The number of ether oxygens (including phenoxy) is 1. The molecule has 0 bridgehead atoms. The van der Waals surface area contributed by atoms with E-state index in [0.717, 1.165) is 33.7 Å². The Hall–Kier alpha value is -3.41. The van der Waals surface area contributed by atoms with Crippen molar-refractivity contribution < 1.29 is 42.7 Å². The summed E-state index contributed by atoms with van der Waals surface area (Å²) in [4.78, 5) is 26.9. The van der Waals surface area contributed by atoms with Gasteiger partial charge >= 0.3 is 18.9 Å². The standard InChI is InChI=1S/C33H36N2O5S.Li/c1-22-7-5-6-8-27(22)29-19-23(9-15-28(29)32(36)34-30(33(37)38)17-18-41-4)20-39-21-26-14-16-31(40-26)24-10-12-25(13-11-24)35(2)3;/h5-16,19,30H,17-18,20-21H2,1-4H3,(H,34,36)(H,37,38);/q;+1/p-1/t30-;/m0./s1. The van der Waals surface area contributed by atoms with Crippen LogP contribution in [0.1, 0.15) is 33.7 Å². The van der Waals surface area contributed by atoms with Crippen molar-refractivity contribution >= 4 is 29.3 Å². The Balaban J connectivity index is 0.00000484. The van der Waals surface area contributed by atoms with Crippen LogP contribution in [0.25, 0.3) is 22.5 Å². The van der Waals surface area contributed by atoms with E-state index in [1.165, 1.54) is 11.8 Å². The number of carbonyl (C=O) groups is 2. The molecule has 0 spiro atoms. The quantitative estimate of drug-likeness (QED) is 0.244. The molecule has 0 aliphatic rings. The van der Waals surface area contributed by atoms with Crippen LogP contribution < -0.4 is 34.2 Å². The normalized spacial score (nSPS) is 11.4. The number of hydrogen-bond donors (Lipinski definition) is 1. The number of carbonyl (C=O) groups excluding carboxylic acids is 2. The minimum Gasteiger partial charge on any atom is -0.548 e. The summed E-state index contributed by atoms with van der Waals surface area (Å²) in [6, 6.07) is 24.2. The molecule has 1 heterocycles. The maximum atomic E-state index is 13.3. The van der Waals surface area contributed by atoms with Crippen LogP contribution in [0, 0.1) is 6.92 Å².